The first-order chi connectivity index (χ1) is 13.0. The van der Waals surface area contributed by atoms with Crippen LogP contribution in [0.4, 0.5) is 0 Å². The molecule has 4 heterocycles. The van der Waals surface area contributed by atoms with Gasteiger partial charge in [-0.1, -0.05) is 6.07 Å². The molecule has 0 aromatic carbocycles. The number of rotatable bonds is 4. The Bertz CT molecular complexity index is 749. The van der Waals surface area contributed by atoms with Gasteiger partial charge in [0.2, 0.25) is 5.91 Å². The summed E-state index contributed by atoms with van der Waals surface area (Å²) in [6, 6.07) is 3.44. The third-order valence-corrected chi connectivity index (χ3v) is 9.51. The van der Waals surface area contributed by atoms with E-state index in [1.54, 1.807) is 21.8 Å². The number of amides is 1. The minimum atomic E-state index is -3.38. The second kappa shape index (κ2) is 7.81. The second-order valence-electron chi connectivity index (χ2n) is 8.02. The van der Waals surface area contributed by atoms with Crippen molar-refractivity contribution in [3.63, 3.8) is 0 Å². The number of hydrogen-bond acceptors (Lipinski definition) is 5. The second-order valence-corrected chi connectivity index (χ2v) is 11.1. The van der Waals surface area contributed by atoms with E-state index in [0.29, 0.717) is 49.1 Å². The standard InChI is InChI=1S/C19H28N2O4S2/c22-17(20-8-1-2-9-20)14-16-5-12-25-19(15-16)6-10-21(11-7-19)27(23,24)18-4-3-13-26-18/h3-4,13,16H,1-2,5-12,14-15H2. The molecule has 6 nitrogen and oxygen atoms in total. The highest BCUT2D eigenvalue weighted by Crippen LogP contribution is 2.40. The molecule has 1 aromatic heterocycles. The van der Waals surface area contributed by atoms with Gasteiger partial charge in [-0.05, 0) is 55.9 Å². The number of carbonyl (C=O) groups excluding carboxylic acids is 1. The Labute approximate surface area is 165 Å². The van der Waals surface area contributed by atoms with E-state index in [1.165, 1.54) is 11.3 Å². The van der Waals surface area contributed by atoms with Gasteiger partial charge in [0, 0.05) is 39.2 Å². The molecule has 0 radical (unpaired) electrons. The van der Waals surface area contributed by atoms with E-state index in [2.05, 4.69) is 0 Å². The number of hydrogen-bond donors (Lipinski definition) is 0. The predicted molar refractivity (Wildman–Crippen MR) is 104 cm³/mol. The molecular weight excluding hydrogens is 384 g/mol. The average molecular weight is 413 g/mol. The van der Waals surface area contributed by atoms with Crippen LogP contribution in [0.15, 0.2) is 21.7 Å². The van der Waals surface area contributed by atoms with Gasteiger partial charge in [0.1, 0.15) is 4.21 Å². The van der Waals surface area contributed by atoms with Crippen molar-refractivity contribution in [3.05, 3.63) is 17.5 Å². The van der Waals surface area contributed by atoms with Crippen molar-refractivity contribution < 1.29 is 17.9 Å². The lowest BCUT2D eigenvalue weighted by molar-refractivity contribution is -0.139. The molecule has 150 valence electrons. The summed E-state index contributed by atoms with van der Waals surface area (Å²) in [7, 11) is -3.38. The van der Waals surface area contributed by atoms with Crippen molar-refractivity contribution in [2.24, 2.45) is 5.92 Å². The van der Waals surface area contributed by atoms with Gasteiger partial charge < -0.3 is 9.64 Å². The van der Waals surface area contributed by atoms with Crippen LogP contribution in [0.1, 0.15) is 44.9 Å². The first kappa shape index (κ1) is 19.4. The maximum Gasteiger partial charge on any atom is 0.252 e. The Morgan fingerprint density at radius 3 is 2.63 bits per heavy atom. The van der Waals surface area contributed by atoms with Crippen LogP contribution in [-0.2, 0) is 19.6 Å². The number of thiophene rings is 1. The zero-order valence-electron chi connectivity index (χ0n) is 15.6. The molecule has 0 bridgehead atoms. The van der Waals surface area contributed by atoms with Gasteiger partial charge in [0.25, 0.3) is 10.0 Å². The Kier molecular flexibility index (Phi) is 5.60. The minimum Gasteiger partial charge on any atom is -0.375 e. The van der Waals surface area contributed by atoms with Crippen LogP contribution in [0.2, 0.25) is 0 Å². The molecule has 8 heteroatoms. The minimum absolute atomic E-state index is 0.254. The number of likely N-dealkylation sites (tertiary alicyclic amines) is 1. The summed E-state index contributed by atoms with van der Waals surface area (Å²) in [5, 5.41) is 1.80. The maximum atomic E-state index is 12.7. The summed E-state index contributed by atoms with van der Waals surface area (Å²) in [6.07, 6.45) is 6.09. The van der Waals surface area contributed by atoms with Crippen LogP contribution in [0.3, 0.4) is 0 Å². The van der Waals surface area contributed by atoms with Crippen molar-refractivity contribution >= 4 is 27.3 Å². The lowest BCUT2D eigenvalue weighted by Crippen LogP contribution is -2.51. The molecule has 1 atom stereocenters. The van der Waals surface area contributed by atoms with Crippen molar-refractivity contribution in [1.29, 1.82) is 0 Å². The molecule has 0 N–H and O–H groups in total. The van der Waals surface area contributed by atoms with Crippen LogP contribution in [-0.4, -0.2) is 61.9 Å². The summed E-state index contributed by atoms with van der Waals surface area (Å²) >= 11 is 1.27. The molecule has 1 unspecified atom stereocenters. The van der Waals surface area contributed by atoms with Gasteiger partial charge in [-0.2, -0.15) is 4.31 Å². The third kappa shape index (κ3) is 4.09. The Morgan fingerprint density at radius 2 is 1.96 bits per heavy atom. The molecule has 1 aromatic rings. The highest BCUT2D eigenvalue weighted by atomic mass is 32.2. The van der Waals surface area contributed by atoms with Gasteiger partial charge in [0.15, 0.2) is 0 Å². The Hall–Kier alpha value is -0.960. The molecule has 3 aliphatic heterocycles. The number of carbonyl (C=O) groups is 1. The Balaban J connectivity index is 1.35. The smallest absolute Gasteiger partial charge is 0.252 e. The summed E-state index contributed by atoms with van der Waals surface area (Å²) in [4.78, 5) is 14.5. The Morgan fingerprint density at radius 1 is 1.22 bits per heavy atom. The van der Waals surface area contributed by atoms with Crippen LogP contribution < -0.4 is 0 Å². The summed E-state index contributed by atoms with van der Waals surface area (Å²) in [6.45, 7) is 3.47. The molecule has 27 heavy (non-hydrogen) atoms. The van der Waals surface area contributed by atoms with Crippen LogP contribution >= 0.6 is 11.3 Å². The highest BCUT2D eigenvalue weighted by Gasteiger charge is 2.43. The number of piperidine rings is 1. The molecule has 0 aliphatic carbocycles. The molecule has 1 amide bonds. The zero-order valence-corrected chi connectivity index (χ0v) is 17.3. The van der Waals surface area contributed by atoms with E-state index in [1.807, 2.05) is 4.90 Å². The quantitative estimate of drug-likeness (QED) is 0.763. The predicted octanol–water partition coefficient (Wildman–Crippen LogP) is 2.71. The first-order valence-corrected chi connectivity index (χ1v) is 12.3. The van der Waals surface area contributed by atoms with E-state index < -0.39 is 10.0 Å². The van der Waals surface area contributed by atoms with Gasteiger partial charge >= 0.3 is 0 Å². The summed E-state index contributed by atoms with van der Waals surface area (Å²) < 4.78 is 33.6. The fourth-order valence-corrected chi connectivity index (χ4v) is 7.25. The number of ether oxygens (including phenoxy) is 1. The molecular formula is C19H28N2O4S2. The first-order valence-electron chi connectivity index (χ1n) is 9.94. The fraction of sp³-hybridized carbons (Fsp3) is 0.737. The van der Waals surface area contributed by atoms with Crippen molar-refractivity contribution in [2.75, 3.05) is 32.8 Å². The number of sulfonamides is 1. The van der Waals surface area contributed by atoms with Crippen molar-refractivity contribution in [1.82, 2.24) is 9.21 Å². The third-order valence-electron chi connectivity index (χ3n) is 6.24. The molecule has 3 saturated heterocycles. The zero-order chi connectivity index (χ0) is 18.9. The van der Waals surface area contributed by atoms with E-state index in [0.717, 1.165) is 38.8 Å². The monoisotopic (exact) mass is 412 g/mol. The van der Waals surface area contributed by atoms with Crippen LogP contribution in [0.5, 0.6) is 0 Å². The maximum absolute atomic E-state index is 12.7. The van der Waals surface area contributed by atoms with E-state index in [9.17, 15) is 13.2 Å². The molecule has 0 saturated carbocycles. The molecule has 3 fully saturated rings. The van der Waals surface area contributed by atoms with Gasteiger partial charge in [0.05, 0.1) is 5.60 Å². The SMILES string of the molecule is O=C(CC1CCOC2(CCN(S(=O)(=O)c3cccs3)CC2)C1)N1CCCC1. The van der Waals surface area contributed by atoms with E-state index >= 15 is 0 Å². The van der Waals surface area contributed by atoms with Crippen molar-refractivity contribution in [2.45, 2.75) is 54.8 Å². The largest absolute Gasteiger partial charge is 0.375 e. The van der Waals surface area contributed by atoms with E-state index in [4.69, 9.17) is 4.74 Å². The fourth-order valence-electron chi connectivity index (χ4n) is 4.67. The average Bonchev–Trinajstić information content (AvgIpc) is 3.36. The van der Waals surface area contributed by atoms with Crippen LogP contribution in [0, 0.1) is 5.92 Å². The van der Waals surface area contributed by atoms with Crippen LogP contribution in [0.25, 0.3) is 0 Å². The topological polar surface area (TPSA) is 66.9 Å². The molecule has 3 aliphatic rings. The molecule has 1 spiro atoms. The van der Waals surface area contributed by atoms with Gasteiger partial charge in [-0.3, -0.25) is 4.79 Å². The normalized spacial score (nSPS) is 26.5. The summed E-state index contributed by atoms with van der Waals surface area (Å²) in [5.41, 5.74) is -0.254. The highest BCUT2D eigenvalue weighted by molar-refractivity contribution is 7.91. The summed E-state index contributed by atoms with van der Waals surface area (Å²) in [5.74, 6) is 0.638. The molecule has 4 rings (SSSR count). The van der Waals surface area contributed by atoms with Gasteiger partial charge in [-0.25, -0.2) is 8.42 Å². The number of nitrogens with zero attached hydrogens (tertiary/aromatic N) is 2. The lowest BCUT2D eigenvalue weighted by Gasteiger charge is -2.45. The van der Waals surface area contributed by atoms with Gasteiger partial charge in [-0.15, -0.1) is 11.3 Å². The van der Waals surface area contributed by atoms with Crippen molar-refractivity contribution in [3.8, 4) is 0 Å². The lowest BCUT2D eigenvalue weighted by atomic mass is 9.78. The van der Waals surface area contributed by atoms with E-state index in [-0.39, 0.29) is 11.5 Å².